The Balaban J connectivity index is 2.73. The second kappa shape index (κ2) is 5.14. The van der Waals surface area contributed by atoms with E-state index in [1.807, 2.05) is 19.1 Å². The highest BCUT2D eigenvalue weighted by Crippen LogP contribution is 2.17. The molecule has 1 aromatic rings. The van der Waals surface area contributed by atoms with E-state index in [2.05, 4.69) is 4.74 Å². The van der Waals surface area contributed by atoms with Crippen LogP contribution in [0, 0.1) is 6.92 Å². The molecule has 1 aromatic carbocycles. The van der Waals surface area contributed by atoms with E-state index in [0.29, 0.717) is 11.4 Å². The number of esters is 1. The molecular formula is C11H14ClNO2. The monoisotopic (exact) mass is 227 g/mol. The molecule has 2 N–H and O–H groups in total. The fourth-order valence-electron chi connectivity index (χ4n) is 1.32. The van der Waals surface area contributed by atoms with Crippen LogP contribution in [0.3, 0.4) is 0 Å². The van der Waals surface area contributed by atoms with Crippen LogP contribution in [0.5, 0.6) is 0 Å². The molecule has 0 spiro atoms. The van der Waals surface area contributed by atoms with Gasteiger partial charge in [-0.25, -0.2) is 0 Å². The van der Waals surface area contributed by atoms with Crippen molar-refractivity contribution in [3.63, 3.8) is 0 Å². The van der Waals surface area contributed by atoms with Gasteiger partial charge < -0.3 is 10.5 Å². The molecule has 1 rings (SSSR count). The van der Waals surface area contributed by atoms with Crippen molar-refractivity contribution in [3.05, 3.63) is 34.3 Å². The van der Waals surface area contributed by atoms with Crippen molar-refractivity contribution in [2.45, 2.75) is 19.4 Å². The van der Waals surface area contributed by atoms with Crippen LogP contribution in [-0.2, 0) is 16.0 Å². The fourth-order valence-corrected chi connectivity index (χ4v) is 1.44. The minimum Gasteiger partial charge on any atom is -0.468 e. The van der Waals surface area contributed by atoms with Gasteiger partial charge in [-0.05, 0) is 30.5 Å². The number of hydrogen-bond acceptors (Lipinski definition) is 3. The van der Waals surface area contributed by atoms with E-state index in [1.165, 1.54) is 7.11 Å². The van der Waals surface area contributed by atoms with Crippen molar-refractivity contribution >= 4 is 17.6 Å². The number of nitrogens with two attached hydrogens (primary N) is 1. The van der Waals surface area contributed by atoms with Gasteiger partial charge in [0.2, 0.25) is 0 Å². The van der Waals surface area contributed by atoms with Crippen LogP contribution < -0.4 is 5.73 Å². The molecule has 0 aliphatic rings. The summed E-state index contributed by atoms with van der Waals surface area (Å²) in [7, 11) is 1.33. The maximum atomic E-state index is 11.1. The smallest absolute Gasteiger partial charge is 0.322 e. The Hall–Kier alpha value is -1.06. The maximum Gasteiger partial charge on any atom is 0.322 e. The zero-order valence-electron chi connectivity index (χ0n) is 8.79. The predicted octanol–water partition coefficient (Wildman–Crippen LogP) is 1.69. The Morgan fingerprint density at radius 1 is 1.60 bits per heavy atom. The third-order valence-corrected chi connectivity index (χ3v) is 2.61. The average Bonchev–Trinajstić information content (AvgIpc) is 2.22. The van der Waals surface area contributed by atoms with Crippen molar-refractivity contribution in [1.29, 1.82) is 0 Å². The highest BCUT2D eigenvalue weighted by molar-refractivity contribution is 6.31. The molecular weight excluding hydrogens is 214 g/mol. The summed E-state index contributed by atoms with van der Waals surface area (Å²) in [6.45, 7) is 1.91. The first-order chi connectivity index (χ1) is 7.04. The highest BCUT2D eigenvalue weighted by Gasteiger charge is 2.14. The first kappa shape index (κ1) is 12.0. The van der Waals surface area contributed by atoms with E-state index in [4.69, 9.17) is 17.3 Å². The summed E-state index contributed by atoms with van der Waals surface area (Å²) in [5.74, 6) is -0.400. The summed E-state index contributed by atoms with van der Waals surface area (Å²) in [5, 5.41) is 0.713. The largest absolute Gasteiger partial charge is 0.468 e. The number of hydrogen-bond donors (Lipinski definition) is 1. The van der Waals surface area contributed by atoms with Gasteiger partial charge in [0, 0.05) is 5.02 Å². The molecule has 0 aliphatic carbocycles. The molecule has 15 heavy (non-hydrogen) atoms. The molecule has 82 valence electrons. The molecule has 0 amide bonds. The molecule has 1 atom stereocenters. The SMILES string of the molecule is COC(=O)[C@@H](N)Cc1ccc(Cl)c(C)c1. The Morgan fingerprint density at radius 2 is 2.27 bits per heavy atom. The summed E-state index contributed by atoms with van der Waals surface area (Å²) >= 11 is 5.88. The lowest BCUT2D eigenvalue weighted by Crippen LogP contribution is -2.33. The van der Waals surface area contributed by atoms with Crippen molar-refractivity contribution in [2.24, 2.45) is 5.73 Å². The van der Waals surface area contributed by atoms with E-state index in [0.717, 1.165) is 11.1 Å². The summed E-state index contributed by atoms with van der Waals surface area (Å²) in [4.78, 5) is 11.1. The standard InChI is InChI=1S/C11H14ClNO2/c1-7-5-8(3-4-9(7)12)6-10(13)11(14)15-2/h3-5,10H,6,13H2,1-2H3/t10-/m0/s1. The minimum absolute atomic E-state index is 0.400. The minimum atomic E-state index is -0.615. The van der Waals surface area contributed by atoms with Gasteiger partial charge in [-0.1, -0.05) is 23.7 Å². The Labute approximate surface area is 94.2 Å². The highest BCUT2D eigenvalue weighted by atomic mass is 35.5. The number of halogens is 1. The topological polar surface area (TPSA) is 52.3 Å². The first-order valence-electron chi connectivity index (χ1n) is 4.63. The Morgan fingerprint density at radius 3 is 2.80 bits per heavy atom. The Bertz CT molecular complexity index is 366. The lowest BCUT2D eigenvalue weighted by Gasteiger charge is -2.09. The fraction of sp³-hybridized carbons (Fsp3) is 0.364. The quantitative estimate of drug-likeness (QED) is 0.800. The van der Waals surface area contributed by atoms with E-state index >= 15 is 0 Å². The van der Waals surface area contributed by atoms with E-state index in [1.54, 1.807) is 6.07 Å². The van der Waals surface area contributed by atoms with Gasteiger partial charge in [0.1, 0.15) is 6.04 Å². The molecule has 3 nitrogen and oxygen atoms in total. The zero-order valence-corrected chi connectivity index (χ0v) is 9.54. The molecule has 0 heterocycles. The molecule has 0 bridgehead atoms. The van der Waals surface area contributed by atoms with Crippen LogP contribution in [0.15, 0.2) is 18.2 Å². The number of benzene rings is 1. The molecule has 0 radical (unpaired) electrons. The average molecular weight is 228 g/mol. The number of carbonyl (C=O) groups is 1. The lowest BCUT2D eigenvalue weighted by molar-refractivity contribution is -0.142. The van der Waals surface area contributed by atoms with Gasteiger partial charge in [0.15, 0.2) is 0 Å². The normalized spacial score (nSPS) is 12.3. The van der Waals surface area contributed by atoms with Gasteiger partial charge in [0.05, 0.1) is 7.11 Å². The Kier molecular flexibility index (Phi) is 4.12. The van der Waals surface area contributed by atoms with Crippen LogP contribution in [0.2, 0.25) is 5.02 Å². The van der Waals surface area contributed by atoms with Gasteiger partial charge >= 0.3 is 5.97 Å². The second-order valence-corrected chi connectivity index (χ2v) is 3.82. The number of ether oxygens (including phenoxy) is 1. The van der Waals surface area contributed by atoms with Crippen LogP contribution >= 0.6 is 11.6 Å². The maximum absolute atomic E-state index is 11.1. The van der Waals surface area contributed by atoms with Crippen LogP contribution in [0.25, 0.3) is 0 Å². The number of aryl methyl sites for hydroxylation is 1. The zero-order chi connectivity index (χ0) is 11.4. The summed E-state index contributed by atoms with van der Waals surface area (Å²) in [6, 6.07) is 4.97. The molecule has 0 aromatic heterocycles. The lowest BCUT2D eigenvalue weighted by atomic mass is 10.0. The van der Waals surface area contributed by atoms with Crippen LogP contribution in [-0.4, -0.2) is 19.1 Å². The molecule has 0 aliphatic heterocycles. The van der Waals surface area contributed by atoms with Crippen LogP contribution in [0.1, 0.15) is 11.1 Å². The molecule has 4 heteroatoms. The van der Waals surface area contributed by atoms with E-state index in [-0.39, 0.29) is 0 Å². The summed E-state index contributed by atoms with van der Waals surface area (Å²) < 4.78 is 4.55. The molecule has 0 fully saturated rings. The third-order valence-electron chi connectivity index (χ3n) is 2.18. The van der Waals surface area contributed by atoms with Crippen molar-refractivity contribution in [3.8, 4) is 0 Å². The summed E-state index contributed by atoms with van der Waals surface area (Å²) in [5.41, 5.74) is 7.60. The van der Waals surface area contributed by atoms with Crippen molar-refractivity contribution in [1.82, 2.24) is 0 Å². The summed E-state index contributed by atoms with van der Waals surface area (Å²) in [6.07, 6.45) is 0.463. The van der Waals surface area contributed by atoms with Gasteiger partial charge in [0.25, 0.3) is 0 Å². The predicted molar refractivity (Wildman–Crippen MR) is 59.9 cm³/mol. The molecule has 0 saturated heterocycles. The van der Waals surface area contributed by atoms with Crippen LogP contribution in [0.4, 0.5) is 0 Å². The third kappa shape index (κ3) is 3.22. The number of rotatable bonds is 3. The second-order valence-electron chi connectivity index (χ2n) is 3.42. The number of methoxy groups -OCH3 is 1. The van der Waals surface area contributed by atoms with Crippen molar-refractivity contribution < 1.29 is 9.53 Å². The number of carbonyl (C=O) groups excluding carboxylic acids is 1. The van der Waals surface area contributed by atoms with E-state index in [9.17, 15) is 4.79 Å². The van der Waals surface area contributed by atoms with Crippen molar-refractivity contribution in [2.75, 3.05) is 7.11 Å². The van der Waals surface area contributed by atoms with Gasteiger partial charge in [-0.3, -0.25) is 4.79 Å². The van der Waals surface area contributed by atoms with Gasteiger partial charge in [-0.2, -0.15) is 0 Å². The first-order valence-corrected chi connectivity index (χ1v) is 5.01. The molecule has 0 saturated carbocycles. The van der Waals surface area contributed by atoms with Gasteiger partial charge in [-0.15, -0.1) is 0 Å². The molecule has 0 unspecified atom stereocenters. The van der Waals surface area contributed by atoms with E-state index < -0.39 is 12.0 Å².